The lowest BCUT2D eigenvalue weighted by Crippen LogP contribution is -2.27. The van der Waals surface area contributed by atoms with E-state index in [-0.39, 0.29) is 10.6 Å². The van der Waals surface area contributed by atoms with Crippen molar-refractivity contribution in [1.82, 2.24) is 9.78 Å². The summed E-state index contributed by atoms with van der Waals surface area (Å²) in [6.07, 6.45) is 9.29. The number of hydrogen-bond donors (Lipinski definition) is 1. The fourth-order valence-corrected chi connectivity index (χ4v) is 2.54. The largest absolute Gasteiger partial charge is 0.380 e. The Morgan fingerprint density at radius 2 is 1.90 bits per heavy atom. The normalized spacial score (nSPS) is 12.4. The van der Waals surface area contributed by atoms with Gasteiger partial charge in [0.15, 0.2) is 0 Å². The van der Waals surface area contributed by atoms with E-state index in [2.05, 4.69) is 31.2 Å². The summed E-state index contributed by atoms with van der Waals surface area (Å²) >= 11 is 6.22. The van der Waals surface area contributed by atoms with Crippen LogP contribution in [-0.4, -0.2) is 15.8 Å². The molecular weight excluding hydrogens is 286 g/mol. The van der Waals surface area contributed by atoms with Crippen LogP contribution < -0.4 is 10.9 Å². The number of unbranched alkanes of at least 4 members (excludes halogenated alkanes) is 2. The number of hydrogen-bond acceptors (Lipinski definition) is 3. The fourth-order valence-electron chi connectivity index (χ4n) is 2.34. The Morgan fingerprint density at radius 1 is 1.19 bits per heavy atom. The molecule has 0 saturated heterocycles. The Balaban J connectivity index is 2.82. The molecule has 0 amide bonds. The second kappa shape index (κ2) is 9.82. The van der Waals surface area contributed by atoms with Crippen molar-refractivity contribution >= 4 is 17.3 Å². The molecule has 4 nitrogen and oxygen atoms in total. The third-order valence-electron chi connectivity index (χ3n) is 3.61. The molecule has 1 rings (SSSR count). The standard InChI is InChI=1S/C16H28ClN3O/c1-4-7-10-13(9-6-3)19-14-12-18-20(11-8-5-2)16(21)15(14)17/h12-13,19H,4-11H2,1-3H3. The average Bonchev–Trinajstić information content (AvgIpc) is 2.49. The quantitative estimate of drug-likeness (QED) is 0.693. The zero-order valence-corrected chi connectivity index (χ0v) is 14.2. The van der Waals surface area contributed by atoms with E-state index in [0.717, 1.165) is 32.1 Å². The second-order valence-electron chi connectivity index (χ2n) is 5.53. The molecule has 120 valence electrons. The third kappa shape index (κ3) is 5.70. The number of nitrogens with one attached hydrogen (secondary N) is 1. The third-order valence-corrected chi connectivity index (χ3v) is 3.98. The maximum Gasteiger partial charge on any atom is 0.287 e. The first kappa shape index (κ1) is 18.0. The van der Waals surface area contributed by atoms with Crippen LogP contribution in [0.2, 0.25) is 5.02 Å². The number of rotatable bonds is 10. The molecule has 5 heteroatoms. The predicted octanol–water partition coefficient (Wildman–Crippen LogP) is 4.47. The van der Waals surface area contributed by atoms with Crippen LogP contribution in [0.4, 0.5) is 5.69 Å². The van der Waals surface area contributed by atoms with Crippen LogP contribution in [0.15, 0.2) is 11.0 Å². The van der Waals surface area contributed by atoms with Crippen molar-refractivity contribution in [2.75, 3.05) is 5.32 Å². The van der Waals surface area contributed by atoms with E-state index < -0.39 is 0 Å². The van der Waals surface area contributed by atoms with Crippen LogP contribution in [-0.2, 0) is 6.54 Å². The minimum Gasteiger partial charge on any atom is -0.380 e. The van der Waals surface area contributed by atoms with Gasteiger partial charge in [-0.05, 0) is 19.3 Å². The Kier molecular flexibility index (Phi) is 8.43. The van der Waals surface area contributed by atoms with Crippen molar-refractivity contribution in [3.8, 4) is 0 Å². The Hall–Kier alpha value is -1.03. The highest BCUT2D eigenvalue weighted by molar-refractivity contribution is 6.32. The monoisotopic (exact) mass is 313 g/mol. The van der Waals surface area contributed by atoms with Gasteiger partial charge in [0.05, 0.1) is 11.9 Å². The van der Waals surface area contributed by atoms with Gasteiger partial charge in [-0.15, -0.1) is 0 Å². The average molecular weight is 314 g/mol. The van der Waals surface area contributed by atoms with E-state index in [4.69, 9.17) is 11.6 Å². The van der Waals surface area contributed by atoms with E-state index >= 15 is 0 Å². The van der Waals surface area contributed by atoms with Crippen molar-refractivity contribution in [2.45, 2.75) is 78.3 Å². The first-order valence-electron chi connectivity index (χ1n) is 8.16. The maximum absolute atomic E-state index is 12.2. The Morgan fingerprint density at radius 3 is 2.52 bits per heavy atom. The fraction of sp³-hybridized carbons (Fsp3) is 0.750. The van der Waals surface area contributed by atoms with Crippen molar-refractivity contribution in [3.63, 3.8) is 0 Å². The summed E-state index contributed by atoms with van der Waals surface area (Å²) in [6.45, 7) is 7.07. The summed E-state index contributed by atoms with van der Waals surface area (Å²) in [7, 11) is 0. The summed E-state index contributed by atoms with van der Waals surface area (Å²) < 4.78 is 1.46. The molecule has 1 aromatic heterocycles. The molecule has 0 aliphatic rings. The molecule has 1 unspecified atom stereocenters. The molecular formula is C16H28ClN3O. The minimum atomic E-state index is -0.194. The minimum absolute atomic E-state index is 0.194. The number of aromatic nitrogens is 2. The lowest BCUT2D eigenvalue weighted by Gasteiger charge is -2.20. The van der Waals surface area contributed by atoms with Gasteiger partial charge in [0.2, 0.25) is 0 Å². The molecule has 0 aliphatic carbocycles. The highest BCUT2D eigenvalue weighted by Crippen LogP contribution is 2.20. The number of halogens is 1. The van der Waals surface area contributed by atoms with Gasteiger partial charge in [-0.1, -0.05) is 58.1 Å². The van der Waals surface area contributed by atoms with Gasteiger partial charge in [-0.25, -0.2) is 4.68 Å². The molecule has 1 heterocycles. The summed E-state index contributed by atoms with van der Waals surface area (Å²) in [5.41, 5.74) is 0.477. The van der Waals surface area contributed by atoms with Crippen LogP contribution in [0.3, 0.4) is 0 Å². The zero-order valence-electron chi connectivity index (χ0n) is 13.5. The van der Waals surface area contributed by atoms with Crippen LogP contribution >= 0.6 is 11.6 Å². The van der Waals surface area contributed by atoms with Crippen LogP contribution in [0.1, 0.15) is 65.7 Å². The van der Waals surface area contributed by atoms with E-state index in [1.165, 1.54) is 17.5 Å². The molecule has 0 bridgehead atoms. The van der Waals surface area contributed by atoms with Gasteiger partial charge < -0.3 is 5.32 Å². The predicted molar refractivity (Wildman–Crippen MR) is 90.3 cm³/mol. The summed E-state index contributed by atoms with van der Waals surface area (Å²) in [6, 6.07) is 0.361. The first-order valence-corrected chi connectivity index (χ1v) is 8.53. The van der Waals surface area contributed by atoms with Crippen LogP contribution in [0, 0.1) is 0 Å². The van der Waals surface area contributed by atoms with E-state index in [9.17, 15) is 4.79 Å². The Bertz CT molecular complexity index is 473. The zero-order chi connectivity index (χ0) is 15.7. The molecule has 0 fully saturated rings. The highest BCUT2D eigenvalue weighted by Gasteiger charge is 2.13. The molecule has 0 aliphatic heterocycles. The lowest BCUT2D eigenvalue weighted by molar-refractivity contribution is 0.539. The lowest BCUT2D eigenvalue weighted by atomic mass is 10.1. The number of anilines is 1. The molecule has 1 N–H and O–H groups in total. The van der Waals surface area contributed by atoms with Crippen molar-refractivity contribution in [1.29, 1.82) is 0 Å². The van der Waals surface area contributed by atoms with Gasteiger partial charge in [-0.2, -0.15) is 5.10 Å². The van der Waals surface area contributed by atoms with E-state index in [1.54, 1.807) is 6.20 Å². The summed E-state index contributed by atoms with van der Waals surface area (Å²) in [5, 5.41) is 7.89. The van der Waals surface area contributed by atoms with Gasteiger partial charge >= 0.3 is 0 Å². The molecule has 1 atom stereocenters. The van der Waals surface area contributed by atoms with Crippen LogP contribution in [0.5, 0.6) is 0 Å². The summed E-state index contributed by atoms with van der Waals surface area (Å²) in [5.74, 6) is 0. The van der Waals surface area contributed by atoms with Gasteiger partial charge in [0.1, 0.15) is 5.02 Å². The molecule has 0 radical (unpaired) electrons. The summed E-state index contributed by atoms with van der Waals surface area (Å²) in [4.78, 5) is 12.2. The van der Waals surface area contributed by atoms with E-state index in [0.29, 0.717) is 18.3 Å². The highest BCUT2D eigenvalue weighted by atomic mass is 35.5. The first-order chi connectivity index (χ1) is 10.1. The second-order valence-corrected chi connectivity index (χ2v) is 5.90. The van der Waals surface area contributed by atoms with Crippen molar-refractivity contribution in [3.05, 3.63) is 21.6 Å². The smallest absolute Gasteiger partial charge is 0.287 e. The van der Waals surface area contributed by atoms with Gasteiger partial charge in [0.25, 0.3) is 5.56 Å². The van der Waals surface area contributed by atoms with E-state index in [1.807, 2.05) is 0 Å². The number of aryl methyl sites for hydroxylation is 1. The van der Waals surface area contributed by atoms with Crippen LogP contribution in [0.25, 0.3) is 0 Å². The number of nitrogens with zero attached hydrogens (tertiary/aromatic N) is 2. The Labute approximate surface area is 132 Å². The SMILES string of the molecule is CCCCC(CCC)Nc1cnn(CCCC)c(=O)c1Cl. The van der Waals surface area contributed by atoms with Crippen molar-refractivity contribution < 1.29 is 0 Å². The molecule has 21 heavy (non-hydrogen) atoms. The van der Waals surface area contributed by atoms with Gasteiger partial charge in [0, 0.05) is 12.6 Å². The molecule has 0 aromatic carbocycles. The van der Waals surface area contributed by atoms with Gasteiger partial charge in [-0.3, -0.25) is 4.79 Å². The molecule has 1 aromatic rings. The maximum atomic E-state index is 12.2. The van der Waals surface area contributed by atoms with Crippen molar-refractivity contribution in [2.24, 2.45) is 0 Å². The topological polar surface area (TPSA) is 46.9 Å². The molecule has 0 spiro atoms. The molecule has 0 saturated carbocycles.